The molecule has 1 aromatic heterocycles. The normalized spacial score (nSPS) is 11.6. The molecule has 0 unspecified atom stereocenters. The maximum absolute atomic E-state index is 12.4. The van der Waals surface area contributed by atoms with Crippen LogP contribution in [0.4, 0.5) is 5.69 Å². The molecule has 9 heteroatoms. The largest absolute Gasteiger partial charge is 0.452 e. The zero-order chi connectivity index (χ0) is 21.2. The number of nitrogens with one attached hydrogen (secondary N) is 1. The average molecular weight is 415 g/mol. The molecule has 0 fully saturated rings. The SMILES string of the molecule is CN(C)S(=O)(=O)c1cccc(NC(=O)COC(=O)c2cn(C)c3ccccc23)c1. The highest BCUT2D eigenvalue weighted by Gasteiger charge is 2.19. The monoisotopic (exact) mass is 415 g/mol. The summed E-state index contributed by atoms with van der Waals surface area (Å²) in [5, 5.41) is 3.28. The van der Waals surface area contributed by atoms with Gasteiger partial charge in [-0.2, -0.15) is 0 Å². The van der Waals surface area contributed by atoms with Crippen LogP contribution in [0.3, 0.4) is 0 Å². The number of carbonyl (C=O) groups excluding carboxylic acids is 2. The van der Waals surface area contributed by atoms with Gasteiger partial charge in [-0.3, -0.25) is 4.79 Å². The first-order valence-electron chi connectivity index (χ1n) is 8.74. The van der Waals surface area contributed by atoms with Gasteiger partial charge < -0.3 is 14.6 Å². The Morgan fingerprint density at radius 2 is 1.83 bits per heavy atom. The van der Waals surface area contributed by atoms with Crippen LogP contribution in [0, 0.1) is 0 Å². The Bertz CT molecular complexity index is 1180. The zero-order valence-corrected chi connectivity index (χ0v) is 17.1. The van der Waals surface area contributed by atoms with Gasteiger partial charge in [0.15, 0.2) is 6.61 Å². The Balaban J connectivity index is 1.67. The van der Waals surface area contributed by atoms with Gasteiger partial charge >= 0.3 is 5.97 Å². The second kappa shape index (κ2) is 8.06. The summed E-state index contributed by atoms with van der Waals surface area (Å²) in [6.45, 7) is -0.493. The molecule has 0 saturated heterocycles. The van der Waals surface area contributed by atoms with Crippen molar-refractivity contribution >= 4 is 38.5 Å². The molecule has 1 N–H and O–H groups in total. The molecule has 152 valence electrons. The van der Waals surface area contributed by atoms with E-state index in [1.807, 2.05) is 35.9 Å². The number of benzene rings is 2. The molecular weight excluding hydrogens is 394 g/mol. The van der Waals surface area contributed by atoms with E-state index in [9.17, 15) is 18.0 Å². The molecule has 2 aromatic carbocycles. The maximum Gasteiger partial charge on any atom is 0.340 e. The van der Waals surface area contributed by atoms with Crippen molar-refractivity contribution in [2.75, 3.05) is 26.0 Å². The molecule has 1 heterocycles. The van der Waals surface area contributed by atoms with Crippen LogP contribution in [0.5, 0.6) is 0 Å². The number of sulfonamides is 1. The van der Waals surface area contributed by atoms with E-state index < -0.39 is 28.5 Å². The number of hydrogen-bond acceptors (Lipinski definition) is 5. The van der Waals surface area contributed by atoms with Crippen molar-refractivity contribution in [3.8, 4) is 0 Å². The maximum atomic E-state index is 12.4. The van der Waals surface area contributed by atoms with Crippen LogP contribution in [0.1, 0.15) is 10.4 Å². The van der Waals surface area contributed by atoms with Crippen LogP contribution in [-0.2, 0) is 26.6 Å². The van der Waals surface area contributed by atoms with E-state index in [4.69, 9.17) is 4.74 Å². The number of esters is 1. The van der Waals surface area contributed by atoms with Gasteiger partial charge in [0.1, 0.15) is 0 Å². The predicted octanol–water partition coefficient (Wildman–Crippen LogP) is 2.22. The number of carbonyl (C=O) groups is 2. The first-order chi connectivity index (χ1) is 13.7. The second-order valence-electron chi connectivity index (χ2n) is 6.61. The van der Waals surface area contributed by atoms with Crippen LogP contribution in [0.25, 0.3) is 10.9 Å². The molecule has 3 aromatic rings. The number of amides is 1. The van der Waals surface area contributed by atoms with E-state index in [0.717, 1.165) is 15.2 Å². The number of anilines is 1. The molecule has 29 heavy (non-hydrogen) atoms. The van der Waals surface area contributed by atoms with E-state index in [2.05, 4.69) is 5.32 Å². The van der Waals surface area contributed by atoms with Gasteiger partial charge in [0.05, 0.1) is 10.5 Å². The summed E-state index contributed by atoms with van der Waals surface area (Å²) in [6.07, 6.45) is 1.65. The number of ether oxygens (including phenoxy) is 1. The number of fused-ring (bicyclic) bond motifs is 1. The highest BCUT2D eigenvalue weighted by Crippen LogP contribution is 2.21. The minimum atomic E-state index is -3.62. The summed E-state index contributed by atoms with van der Waals surface area (Å²) in [7, 11) is 1.05. The van der Waals surface area contributed by atoms with E-state index in [0.29, 0.717) is 11.3 Å². The van der Waals surface area contributed by atoms with Crippen molar-refractivity contribution in [2.24, 2.45) is 7.05 Å². The Hall–Kier alpha value is -3.17. The highest BCUT2D eigenvalue weighted by atomic mass is 32.2. The van der Waals surface area contributed by atoms with Gasteiger partial charge in [-0.25, -0.2) is 17.5 Å². The van der Waals surface area contributed by atoms with Crippen molar-refractivity contribution in [1.29, 1.82) is 0 Å². The zero-order valence-electron chi connectivity index (χ0n) is 16.2. The molecular formula is C20H21N3O5S. The fourth-order valence-electron chi connectivity index (χ4n) is 2.86. The molecule has 3 rings (SSSR count). The lowest BCUT2D eigenvalue weighted by Crippen LogP contribution is -2.23. The van der Waals surface area contributed by atoms with Crippen LogP contribution >= 0.6 is 0 Å². The lowest BCUT2D eigenvalue weighted by molar-refractivity contribution is -0.119. The van der Waals surface area contributed by atoms with Crippen molar-refractivity contribution < 1.29 is 22.7 Å². The Kier molecular flexibility index (Phi) is 5.71. The van der Waals surface area contributed by atoms with Gasteiger partial charge in [0, 0.05) is 43.9 Å². The minimum Gasteiger partial charge on any atom is -0.452 e. The van der Waals surface area contributed by atoms with Gasteiger partial charge in [-0.1, -0.05) is 24.3 Å². The number of aromatic nitrogens is 1. The topological polar surface area (TPSA) is 97.7 Å². The van der Waals surface area contributed by atoms with Crippen LogP contribution in [-0.4, -0.2) is 49.9 Å². The van der Waals surface area contributed by atoms with Gasteiger partial charge in [0.25, 0.3) is 5.91 Å². The predicted molar refractivity (Wildman–Crippen MR) is 109 cm³/mol. The third-order valence-electron chi connectivity index (χ3n) is 4.35. The number of aryl methyl sites for hydroxylation is 1. The summed E-state index contributed by atoms with van der Waals surface area (Å²) < 4.78 is 32.4. The third-order valence-corrected chi connectivity index (χ3v) is 6.16. The Morgan fingerprint density at radius 3 is 2.55 bits per heavy atom. The van der Waals surface area contributed by atoms with E-state index in [1.165, 1.54) is 32.3 Å². The van der Waals surface area contributed by atoms with Gasteiger partial charge in [0.2, 0.25) is 10.0 Å². The van der Waals surface area contributed by atoms with Crippen LogP contribution < -0.4 is 5.32 Å². The summed E-state index contributed by atoms with van der Waals surface area (Å²) in [5.74, 6) is -1.18. The highest BCUT2D eigenvalue weighted by molar-refractivity contribution is 7.89. The Labute approximate surface area is 168 Å². The molecule has 0 saturated carbocycles. The number of nitrogens with zero attached hydrogens (tertiary/aromatic N) is 2. The fraction of sp³-hybridized carbons (Fsp3) is 0.200. The van der Waals surface area contributed by atoms with Crippen molar-refractivity contribution in [2.45, 2.75) is 4.90 Å². The standard InChI is InChI=1S/C20H21N3O5S/c1-22(2)29(26,27)15-8-6-7-14(11-15)21-19(24)13-28-20(25)17-12-23(3)18-10-5-4-9-16(17)18/h4-12H,13H2,1-3H3,(H,21,24). The first-order valence-corrected chi connectivity index (χ1v) is 10.2. The number of para-hydroxylation sites is 1. The Morgan fingerprint density at radius 1 is 1.10 bits per heavy atom. The molecule has 8 nitrogen and oxygen atoms in total. The number of rotatable bonds is 6. The molecule has 1 amide bonds. The lowest BCUT2D eigenvalue weighted by atomic mass is 10.2. The fourth-order valence-corrected chi connectivity index (χ4v) is 3.80. The van der Waals surface area contributed by atoms with Crippen molar-refractivity contribution in [1.82, 2.24) is 8.87 Å². The summed E-state index contributed by atoms with van der Waals surface area (Å²) in [6, 6.07) is 13.2. The lowest BCUT2D eigenvalue weighted by Gasteiger charge is -2.12. The number of hydrogen-bond donors (Lipinski definition) is 1. The van der Waals surface area contributed by atoms with E-state index in [-0.39, 0.29) is 4.90 Å². The molecule has 0 atom stereocenters. The average Bonchev–Trinajstić information content (AvgIpc) is 3.03. The summed E-state index contributed by atoms with van der Waals surface area (Å²) in [4.78, 5) is 24.6. The van der Waals surface area contributed by atoms with Gasteiger partial charge in [-0.05, 0) is 24.3 Å². The van der Waals surface area contributed by atoms with Crippen LogP contribution in [0.15, 0.2) is 59.6 Å². The summed E-state index contributed by atoms with van der Waals surface area (Å²) in [5.41, 5.74) is 1.54. The van der Waals surface area contributed by atoms with Gasteiger partial charge in [-0.15, -0.1) is 0 Å². The second-order valence-corrected chi connectivity index (χ2v) is 8.76. The van der Waals surface area contributed by atoms with Crippen molar-refractivity contribution in [3.05, 3.63) is 60.3 Å². The van der Waals surface area contributed by atoms with E-state index in [1.54, 1.807) is 12.3 Å². The molecule has 0 aliphatic carbocycles. The van der Waals surface area contributed by atoms with E-state index >= 15 is 0 Å². The molecule has 0 bridgehead atoms. The van der Waals surface area contributed by atoms with Crippen molar-refractivity contribution in [3.63, 3.8) is 0 Å². The summed E-state index contributed by atoms with van der Waals surface area (Å²) >= 11 is 0. The smallest absolute Gasteiger partial charge is 0.340 e. The quantitative estimate of drug-likeness (QED) is 0.623. The molecule has 0 aliphatic rings. The molecule has 0 spiro atoms. The minimum absolute atomic E-state index is 0.0491. The molecule has 0 aliphatic heterocycles. The first kappa shape index (κ1) is 20.6. The third kappa shape index (κ3) is 4.30. The molecule has 0 radical (unpaired) electrons. The van der Waals surface area contributed by atoms with Crippen LogP contribution in [0.2, 0.25) is 0 Å².